The van der Waals surface area contributed by atoms with Gasteiger partial charge in [-0.3, -0.25) is 0 Å². The fourth-order valence-electron chi connectivity index (χ4n) is 2.49. The monoisotopic (exact) mass is 316 g/mol. The second-order valence-corrected chi connectivity index (χ2v) is 7.92. The summed E-state index contributed by atoms with van der Waals surface area (Å²) in [6.07, 6.45) is 7.94. The van der Waals surface area contributed by atoms with Crippen molar-refractivity contribution < 1.29 is 8.42 Å². The Balaban J connectivity index is 2.15. The van der Waals surface area contributed by atoms with Crippen LogP contribution in [0, 0.1) is 0 Å². The van der Waals surface area contributed by atoms with E-state index in [4.69, 9.17) is 5.84 Å². The van der Waals surface area contributed by atoms with Crippen LogP contribution in [0.4, 0.5) is 5.82 Å². The highest BCUT2D eigenvalue weighted by atomic mass is 32.2. The number of thioether (sulfide) groups is 1. The zero-order valence-electron chi connectivity index (χ0n) is 11.4. The molecule has 0 aromatic carbocycles. The van der Waals surface area contributed by atoms with Gasteiger partial charge in [0.25, 0.3) is 0 Å². The molecule has 1 heterocycles. The van der Waals surface area contributed by atoms with Crippen LogP contribution < -0.4 is 16.0 Å². The number of hydrogen-bond acceptors (Lipinski definition) is 6. The van der Waals surface area contributed by atoms with Crippen LogP contribution in [-0.4, -0.2) is 30.9 Å². The third-order valence-corrected chi connectivity index (χ3v) is 6.58. The predicted molar refractivity (Wildman–Crippen MR) is 81.9 cm³/mol. The molecule has 0 amide bonds. The number of aromatic nitrogens is 1. The molecule has 2 rings (SSSR count). The maximum absolute atomic E-state index is 12.4. The van der Waals surface area contributed by atoms with Crippen molar-refractivity contribution in [1.82, 2.24) is 9.71 Å². The Hall–Kier alpha value is -0.830. The number of pyridine rings is 1. The molecular weight excluding hydrogens is 296 g/mol. The lowest BCUT2D eigenvalue weighted by molar-refractivity contribution is 0.551. The normalized spacial score (nSPS) is 18.1. The van der Waals surface area contributed by atoms with Crippen molar-refractivity contribution in [3.8, 4) is 0 Å². The highest BCUT2D eigenvalue weighted by Gasteiger charge is 2.34. The summed E-state index contributed by atoms with van der Waals surface area (Å²) in [5.41, 5.74) is 2.32. The summed E-state index contributed by atoms with van der Waals surface area (Å²) in [4.78, 5) is 4.00. The van der Waals surface area contributed by atoms with Gasteiger partial charge in [0.2, 0.25) is 10.0 Å². The molecule has 0 bridgehead atoms. The second-order valence-electron chi connectivity index (χ2n) is 4.91. The van der Waals surface area contributed by atoms with Gasteiger partial charge in [-0.25, -0.2) is 24.0 Å². The van der Waals surface area contributed by atoms with Crippen LogP contribution in [0.25, 0.3) is 0 Å². The molecule has 8 heteroatoms. The molecule has 1 aliphatic carbocycles. The summed E-state index contributed by atoms with van der Waals surface area (Å²) in [7, 11) is -3.61. The second kappa shape index (κ2) is 6.30. The molecule has 0 radical (unpaired) electrons. The molecule has 0 unspecified atom stereocenters. The quantitative estimate of drug-likeness (QED) is 0.541. The Morgan fingerprint density at radius 2 is 2.15 bits per heavy atom. The molecule has 0 atom stereocenters. The number of hydrogen-bond donors (Lipinski definition) is 3. The van der Waals surface area contributed by atoms with Gasteiger partial charge in [-0.15, -0.1) is 0 Å². The largest absolute Gasteiger partial charge is 0.307 e. The predicted octanol–water partition coefficient (Wildman–Crippen LogP) is 1.32. The average molecular weight is 316 g/mol. The molecule has 1 aliphatic rings. The third kappa shape index (κ3) is 3.25. The first kappa shape index (κ1) is 15.6. The molecular formula is C12H20N4O2S2. The van der Waals surface area contributed by atoms with E-state index >= 15 is 0 Å². The van der Waals surface area contributed by atoms with Crippen molar-refractivity contribution in [2.75, 3.05) is 18.2 Å². The summed E-state index contributed by atoms with van der Waals surface area (Å²) in [5, 5.41) is 0. The lowest BCUT2D eigenvalue weighted by atomic mass is 10.1. The molecule has 0 aliphatic heterocycles. The number of sulfonamides is 1. The third-order valence-electron chi connectivity index (χ3n) is 3.73. The zero-order chi connectivity index (χ0) is 14.6. The van der Waals surface area contributed by atoms with Crippen molar-refractivity contribution in [3.05, 3.63) is 18.3 Å². The van der Waals surface area contributed by atoms with E-state index in [1.807, 2.05) is 6.26 Å². The van der Waals surface area contributed by atoms with Crippen molar-refractivity contribution in [2.24, 2.45) is 5.84 Å². The first-order valence-corrected chi connectivity index (χ1v) is 9.20. The van der Waals surface area contributed by atoms with Gasteiger partial charge in [0.1, 0.15) is 4.90 Å². The maximum atomic E-state index is 12.4. The summed E-state index contributed by atoms with van der Waals surface area (Å²) in [5.74, 6) is 5.47. The van der Waals surface area contributed by atoms with Crippen molar-refractivity contribution in [1.29, 1.82) is 0 Å². The van der Waals surface area contributed by atoms with Gasteiger partial charge in [0, 0.05) is 17.5 Å². The van der Waals surface area contributed by atoms with Gasteiger partial charge < -0.3 is 5.43 Å². The molecule has 6 nitrogen and oxygen atoms in total. The van der Waals surface area contributed by atoms with E-state index in [-0.39, 0.29) is 15.5 Å². The Bertz CT molecular complexity index is 556. The van der Waals surface area contributed by atoms with Gasteiger partial charge >= 0.3 is 0 Å². The topological polar surface area (TPSA) is 97.1 Å². The molecule has 20 heavy (non-hydrogen) atoms. The first-order valence-electron chi connectivity index (χ1n) is 6.49. The van der Waals surface area contributed by atoms with Crippen LogP contribution >= 0.6 is 11.8 Å². The molecule has 1 aromatic heterocycles. The van der Waals surface area contributed by atoms with Crippen molar-refractivity contribution in [2.45, 2.75) is 35.3 Å². The molecule has 0 saturated heterocycles. The van der Waals surface area contributed by atoms with Crippen LogP contribution in [-0.2, 0) is 10.0 Å². The van der Waals surface area contributed by atoms with Gasteiger partial charge in [-0.05, 0) is 31.2 Å². The van der Waals surface area contributed by atoms with Crippen molar-refractivity contribution in [3.63, 3.8) is 0 Å². The number of hydrazine groups is 1. The minimum Gasteiger partial charge on any atom is -0.307 e. The number of nitrogens with zero attached hydrogens (tertiary/aromatic N) is 1. The molecule has 112 valence electrons. The highest BCUT2D eigenvalue weighted by Crippen LogP contribution is 2.39. The molecule has 1 saturated carbocycles. The van der Waals surface area contributed by atoms with Crippen molar-refractivity contribution >= 4 is 27.6 Å². The van der Waals surface area contributed by atoms with Crippen LogP contribution in [0.15, 0.2) is 23.2 Å². The number of rotatable bonds is 6. The van der Waals surface area contributed by atoms with Crippen LogP contribution in [0.2, 0.25) is 0 Å². The molecule has 0 spiro atoms. The van der Waals surface area contributed by atoms with E-state index in [9.17, 15) is 8.42 Å². The smallest absolute Gasteiger partial charge is 0.244 e. The summed E-state index contributed by atoms with van der Waals surface area (Å²) < 4.78 is 27.5. The Kier molecular flexibility index (Phi) is 4.90. The molecule has 4 N–H and O–H groups in total. The SMILES string of the molecule is CSC1(CNS(=O)(=O)c2cccnc2NN)CCCC1. The zero-order valence-corrected chi connectivity index (χ0v) is 13.1. The number of nitrogens with one attached hydrogen (secondary N) is 2. The summed E-state index contributed by atoms with van der Waals surface area (Å²) >= 11 is 1.74. The lowest BCUT2D eigenvalue weighted by Gasteiger charge is -2.26. The standard InChI is InChI=1S/C12H20N4O2S2/c1-19-12(6-2-3-7-12)9-15-20(17,18)10-5-4-8-14-11(10)16-13/h4-5,8,15H,2-3,6-7,9,13H2,1H3,(H,14,16). The number of anilines is 1. The first-order chi connectivity index (χ1) is 9.53. The average Bonchev–Trinajstić information content (AvgIpc) is 2.95. The number of nitrogen functional groups attached to an aromatic ring is 1. The fourth-order valence-corrected chi connectivity index (χ4v) is 4.74. The minimum atomic E-state index is -3.61. The maximum Gasteiger partial charge on any atom is 0.244 e. The fraction of sp³-hybridized carbons (Fsp3) is 0.583. The van der Waals surface area contributed by atoms with Gasteiger partial charge in [0.05, 0.1) is 0 Å². The Morgan fingerprint density at radius 1 is 1.45 bits per heavy atom. The van der Waals surface area contributed by atoms with E-state index in [0.717, 1.165) is 25.7 Å². The minimum absolute atomic E-state index is 0.0194. The van der Waals surface area contributed by atoms with Gasteiger partial charge in [0.15, 0.2) is 5.82 Å². The summed E-state index contributed by atoms with van der Waals surface area (Å²) in [6.45, 7) is 0.440. The van der Waals surface area contributed by atoms with Crippen LogP contribution in [0.5, 0.6) is 0 Å². The van der Waals surface area contributed by atoms with Gasteiger partial charge in [-0.1, -0.05) is 12.8 Å². The van der Waals surface area contributed by atoms with E-state index in [1.54, 1.807) is 17.8 Å². The van der Waals surface area contributed by atoms with E-state index in [2.05, 4.69) is 15.1 Å². The number of nitrogens with two attached hydrogens (primary N) is 1. The Morgan fingerprint density at radius 3 is 2.75 bits per heavy atom. The molecule has 1 fully saturated rings. The van der Waals surface area contributed by atoms with Crippen LogP contribution in [0.3, 0.4) is 0 Å². The highest BCUT2D eigenvalue weighted by molar-refractivity contribution is 8.00. The Labute approximate surface area is 123 Å². The van der Waals surface area contributed by atoms with E-state index in [0.29, 0.717) is 6.54 Å². The lowest BCUT2D eigenvalue weighted by Crippen LogP contribution is -2.38. The van der Waals surface area contributed by atoms with E-state index < -0.39 is 10.0 Å². The van der Waals surface area contributed by atoms with Crippen LogP contribution in [0.1, 0.15) is 25.7 Å². The molecule has 1 aromatic rings. The van der Waals surface area contributed by atoms with Gasteiger partial charge in [-0.2, -0.15) is 11.8 Å². The van der Waals surface area contributed by atoms with E-state index in [1.165, 1.54) is 12.3 Å². The summed E-state index contributed by atoms with van der Waals surface area (Å²) in [6, 6.07) is 3.07.